The molecule has 31 heavy (non-hydrogen) atoms. The number of carboxylic acid groups (broad SMARTS) is 1. The zero-order valence-corrected chi connectivity index (χ0v) is 17.1. The third-order valence-corrected chi connectivity index (χ3v) is 4.56. The summed E-state index contributed by atoms with van der Waals surface area (Å²) in [6.07, 6.45) is 0.141. The second kappa shape index (κ2) is 11.5. The van der Waals surface area contributed by atoms with Crippen LogP contribution >= 0.6 is 0 Å². The van der Waals surface area contributed by atoms with Crippen LogP contribution < -0.4 is 10.1 Å². The molecule has 0 radical (unpaired) electrons. The van der Waals surface area contributed by atoms with E-state index >= 15 is 0 Å². The summed E-state index contributed by atoms with van der Waals surface area (Å²) in [4.78, 5) is 23.8. The van der Waals surface area contributed by atoms with E-state index in [1.807, 2.05) is 72.8 Å². The van der Waals surface area contributed by atoms with Crippen molar-refractivity contribution in [1.29, 1.82) is 0 Å². The van der Waals surface area contributed by atoms with Gasteiger partial charge < -0.3 is 19.9 Å². The number of ether oxygens (including phenoxy) is 2. The average molecular weight is 419 g/mol. The van der Waals surface area contributed by atoms with Crippen molar-refractivity contribution in [2.75, 3.05) is 6.61 Å². The predicted molar refractivity (Wildman–Crippen MR) is 117 cm³/mol. The Bertz CT molecular complexity index is 975. The van der Waals surface area contributed by atoms with Crippen LogP contribution in [-0.4, -0.2) is 29.6 Å². The fourth-order valence-corrected chi connectivity index (χ4v) is 3.01. The van der Waals surface area contributed by atoms with E-state index in [0.717, 1.165) is 16.7 Å². The van der Waals surface area contributed by atoms with Crippen LogP contribution in [0.25, 0.3) is 0 Å². The molecule has 0 saturated carbocycles. The second-order valence-electron chi connectivity index (χ2n) is 7.06. The normalized spacial score (nSPS) is 11.5. The van der Waals surface area contributed by atoms with E-state index in [1.165, 1.54) is 0 Å². The molecule has 6 heteroatoms. The van der Waals surface area contributed by atoms with Gasteiger partial charge in [0.2, 0.25) is 5.91 Å². The van der Waals surface area contributed by atoms with Crippen molar-refractivity contribution in [2.24, 2.45) is 0 Å². The molecule has 0 fully saturated rings. The van der Waals surface area contributed by atoms with Crippen LogP contribution in [0.15, 0.2) is 84.9 Å². The monoisotopic (exact) mass is 419 g/mol. The van der Waals surface area contributed by atoms with E-state index in [4.69, 9.17) is 9.47 Å². The largest absolute Gasteiger partial charge is 0.489 e. The van der Waals surface area contributed by atoms with Crippen molar-refractivity contribution in [3.8, 4) is 5.75 Å². The van der Waals surface area contributed by atoms with Gasteiger partial charge in [-0.15, -0.1) is 0 Å². The Morgan fingerprint density at radius 3 is 2.06 bits per heavy atom. The molecular formula is C25H25NO5. The van der Waals surface area contributed by atoms with Gasteiger partial charge in [0, 0.05) is 6.42 Å². The number of rotatable bonds is 11. The van der Waals surface area contributed by atoms with Crippen LogP contribution in [0.3, 0.4) is 0 Å². The van der Waals surface area contributed by atoms with Crippen molar-refractivity contribution in [1.82, 2.24) is 5.32 Å². The Labute approximate surface area is 181 Å². The summed E-state index contributed by atoms with van der Waals surface area (Å²) in [5, 5.41) is 12.0. The first-order valence-corrected chi connectivity index (χ1v) is 9.99. The van der Waals surface area contributed by atoms with Crippen LogP contribution in [0.5, 0.6) is 5.75 Å². The highest BCUT2D eigenvalue weighted by atomic mass is 16.5. The molecule has 0 aliphatic rings. The first kappa shape index (κ1) is 22.1. The Hall–Kier alpha value is -3.64. The molecule has 6 nitrogen and oxygen atoms in total. The molecule has 0 aliphatic heterocycles. The topological polar surface area (TPSA) is 84.9 Å². The lowest BCUT2D eigenvalue weighted by atomic mass is 10.1. The lowest BCUT2D eigenvalue weighted by molar-refractivity contribution is -0.142. The molecular weight excluding hydrogens is 394 g/mol. The summed E-state index contributed by atoms with van der Waals surface area (Å²) in [7, 11) is 0. The first-order chi connectivity index (χ1) is 15.1. The van der Waals surface area contributed by atoms with Crippen LogP contribution in [0.2, 0.25) is 0 Å². The zero-order valence-electron chi connectivity index (χ0n) is 17.1. The van der Waals surface area contributed by atoms with Crippen molar-refractivity contribution < 1.29 is 24.2 Å². The average Bonchev–Trinajstić information content (AvgIpc) is 2.79. The quantitative estimate of drug-likeness (QED) is 0.496. The van der Waals surface area contributed by atoms with Gasteiger partial charge in [0.1, 0.15) is 25.0 Å². The van der Waals surface area contributed by atoms with Gasteiger partial charge in [-0.25, -0.2) is 4.79 Å². The molecule has 0 heterocycles. The second-order valence-corrected chi connectivity index (χ2v) is 7.06. The molecule has 0 unspecified atom stereocenters. The number of carbonyl (C=O) groups is 2. The third kappa shape index (κ3) is 7.60. The van der Waals surface area contributed by atoms with Gasteiger partial charge in [0.15, 0.2) is 0 Å². The minimum atomic E-state index is -1.10. The van der Waals surface area contributed by atoms with Crippen LogP contribution in [-0.2, 0) is 34.0 Å². The van der Waals surface area contributed by atoms with Crippen LogP contribution in [0, 0.1) is 0 Å². The molecule has 0 saturated heterocycles. The number of hydrogen-bond acceptors (Lipinski definition) is 4. The highest BCUT2D eigenvalue weighted by molar-refractivity contribution is 5.84. The molecule has 160 valence electrons. The Morgan fingerprint density at radius 2 is 1.42 bits per heavy atom. The minimum absolute atomic E-state index is 0.141. The summed E-state index contributed by atoms with van der Waals surface area (Å²) >= 11 is 0. The molecule has 3 aromatic rings. The van der Waals surface area contributed by atoms with E-state index in [-0.39, 0.29) is 19.6 Å². The maximum Gasteiger partial charge on any atom is 0.326 e. The summed E-state index contributed by atoms with van der Waals surface area (Å²) in [5.74, 6) is -0.935. The molecule has 0 aliphatic carbocycles. The van der Waals surface area contributed by atoms with Crippen molar-refractivity contribution in [3.63, 3.8) is 0 Å². The minimum Gasteiger partial charge on any atom is -0.489 e. The standard InChI is InChI=1S/C25H25NO5/c27-24(18-30-16-19-8-3-1-4-9-19)26-23(25(28)29)15-21-12-7-13-22(14-21)31-17-20-10-5-2-6-11-20/h1-14,23H,15-18H2,(H,26,27)(H,28,29)/t23-/m0/s1. The number of hydrogen-bond donors (Lipinski definition) is 2. The zero-order chi connectivity index (χ0) is 21.9. The molecule has 1 atom stereocenters. The number of amides is 1. The van der Waals surface area contributed by atoms with Gasteiger partial charge in [0.25, 0.3) is 0 Å². The molecule has 0 aromatic heterocycles. The van der Waals surface area contributed by atoms with Gasteiger partial charge in [-0.05, 0) is 28.8 Å². The van der Waals surface area contributed by atoms with Gasteiger partial charge in [-0.1, -0.05) is 72.8 Å². The number of carbonyl (C=O) groups excluding carboxylic acids is 1. The lowest BCUT2D eigenvalue weighted by Crippen LogP contribution is -2.43. The molecule has 0 bridgehead atoms. The van der Waals surface area contributed by atoms with E-state index in [9.17, 15) is 14.7 Å². The molecule has 1 amide bonds. The molecule has 3 rings (SSSR count). The fourth-order valence-electron chi connectivity index (χ4n) is 3.01. The highest BCUT2D eigenvalue weighted by Gasteiger charge is 2.20. The summed E-state index contributed by atoms with van der Waals surface area (Å²) in [5.41, 5.74) is 2.74. The van der Waals surface area contributed by atoms with E-state index < -0.39 is 17.9 Å². The lowest BCUT2D eigenvalue weighted by Gasteiger charge is -2.15. The van der Waals surface area contributed by atoms with E-state index in [0.29, 0.717) is 12.4 Å². The maximum atomic E-state index is 12.1. The number of benzene rings is 3. The van der Waals surface area contributed by atoms with Crippen molar-refractivity contribution in [2.45, 2.75) is 25.7 Å². The Kier molecular flexibility index (Phi) is 8.20. The van der Waals surface area contributed by atoms with Gasteiger partial charge in [0.05, 0.1) is 6.61 Å². The Morgan fingerprint density at radius 1 is 0.806 bits per heavy atom. The Balaban J connectivity index is 1.50. The van der Waals surface area contributed by atoms with Gasteiger partial charge in [-0.2, -0.15) is 0 Å². The molecule has 2 N–H and O–H groups in total. The van der Waals surface area contributed by atoms with Gasteiger partial charge in [-0.3, -0.25) is 4.79 Å². The smallest absolute Gasteiger partial charge is 0.326 e. The molecule has 0 spiro atoms. The first-order valence-electron chi connectivity index (χ1n) is 9.99. The maximum absolute atomic E-state index is 12.1. The van der Waals surface area contributed by atoms with E-state index in [2.05, 4.69) is 5.32 Å². The van der Waals surface area contributed by atoms with E-state index in [1.54, 1.807) is 12.1 Å². The summed E-state index contributed by atoms with van der Waals surface area (Å²) < 4.78 is 11.2. The fraction of sp³-hybridized carbons (Fsp3) is 0.200. The summed E-state index contributed by atoms with van der Waals surface area (Å²) in [6.45, 7) is 0.494. The number of carboxylic acids is 1. The SMILES string of the molecule is O=C(COCc1ccccc1)N[C@@H](Cc1cccc(OCc2ccccc2)c1)C(=O)O. The predicted octanol–water partition coefficient (Wildman–Crippen LogP) is 3.59. The third-order valence-electron chi connectivity index (χ3n) is 4.56. The van der Waals surface area contributed by atoms with Crippen molar-refractivity contribution >= 4 is 11.9 Å². The van der Waals surface area contributed by atoms with Crippen molar-refractivity contribution in [3.05, 3.63) is 102 Å². The molecule has 3 aromatic carbocycles. The van der Waals surface area contributed by atoms with Crippen LogP contribution in [0.4, 0.5) is 0 Å². The highest BCUT2D eigenvalue weighted by Crippen LogP contribution is 2.16. The van der Waals surface area contributed by atoms with Crippen LogP contribution in [0.1, 0.15) is 16.7 Å². The number of nitrogens with one attached hydrogen (secondary N) is 1. The number of aliphatic carboxylic acids is 1. The van der Waals surface area contributed by atoms with Gasteiger partial charge >= 0.3 is 5.97 Å². The summed E-state index contributed by atoms with van der Waals surface area (Å²) in [6, 6.07) is 25.4.